The van der Waals surface area contributed by atoms with Crippen LogP contribution in [0.3, 0.4) is 0 Å². The summed E-state index contributed by atoms with van der Waals surface area (Å²) in [5, 5.41) is 0. The van der Waals surface area contributed by atoms with Gasteiger partial charge < -0.3 is 4.74 Å². The van der Waals surface area contributed by atoms with E-state index in [4.69, 9.17) is 9.73 Å². The monoisotopic (exact) mass is 381 g/mol. The smallest absolute Gasteiger partial charge is 0.334 e. The fourth-order valence-corrected chi connectivity index (χ4v) is 3.54. The van der Waals surface area contributed by atoms with Crippen molar-refractivity contribution in [1.82, 2.24) is 0 Å². The number of hydrogen-bond donors (Lipinski definition) is 0. The van der Waals surface area contributed by atoms with E-state index in [-0.39, 0.29) is 5.97 Å². The van der Waals surface area contributed by atoms with E-state index in [2.05, 4.69) is 0 Å². The van der Waals surface area contributed by atoms with Crippen molar-refractivity contribution < 1.29 is 9.53 Å². The first kappa shape index (κ1) is 18.9. The summed E-state index contributed by atoms with van der Waals surface area (Å²) < 4.78 is 5.36. The van der Waals surface area contributed by atoms with Gasteiger partial charge in [0.25, 0.3) is 0 Å². The lowest BCUT2D eigenvalue weighted by atomic mass is 9.92. The van der Waals surface area contributed by atoms with Gasteiger partial charge in [0.2, 0.25) is 0 Å². The summed E-state index contributed by atoms with van der Waals surface area (Å²) in [5.41, 5.74) is 3.00. The molecule has 0 radical (unpaired) electrons. The van der Waals surface area contributed by atoms with E-state index in [1.807, 2.05) is 103 Å². The zero-order valence-corrected chi connectivity index (χ0v) is 16.2. The summed E-state index contributed by atoms with van der Waals surface area (Å²) in [6.45, 7) is 0.401. The lowest BCUT2D eigenvalue weighted by molar-refractivity contribution is -0.142. The molecule has 1 atom stereocenters. The van der Waals surface area contributed by atoms with Gasteiger partial charge in [-0.2, -0.15) is 0 Å². The minimum atomic E-state index is -0.897. The molecule has 1 unspecified atom stereocenters. The van der Waals surface area contributed by atoms with Crippen LogP contribution in [0, 0.1) is 0 Å². The van der Waals surface area contributed by atoms with Gasteiger partial charge in [0.1, 0.15) is 0 Å². The summed E-state index contributed by atoms with van der Waals surface area (Å²) in [6.07, 6.45) is 5.14. The number of esters is 1. The zero-order valence-electron chi connectivity index (χ0n) is 16.2. The fraction of sp³-hybridized carbons (Fsp3) is 0.154. The van der Waals surface area contributed by atoms with Crippen LogP contribution in [-0.4, -0.2) is 23.8 Å². The van der Waals surface area contributed by atoms with Crippen LogP contribution in [0.2, 0.25) is 0 Å². The number of nitrogens with zero attached hydrogens (tertiary/aromatic N) is 1. The summed E-state index contributed by atoms with van der Waals surface area (Å²) in [5.74, 6) is -0.250. The SMILES string of the molecule is O=C1OCCC1(CC=Cc1ccccc1)N=C(c1ccccc1)c1ccccc1. The molecule has 3 aromatic carbocycles. The highest BCUT2D eigenvalue weighted by molar-refractivity contribution is 6.14. The van der Waals surface area contributed by atoms with Crippen LogP contribution in [0.1, 0.15) is 29.5 Å². The fourth-order valence-electron chi connectivity index (χ4n) is 3.54. The minimum absolute atomic E-state index is 0.250. The molecule has 1 aliphatic rings. The Balaban J connectivity index is 1.73. The molecule has 1 aliphatic heterocycles. The Kier molecular flexibility index (Phi) is 5.66. The van der Waals surface area contributed by atoms with Crippen molar-refractivity contribution >= 4 is 17.8 Å². The van der Waals surface area contributed by atoms with E-state index in [1.165, 1.54) is 0 Å². The van der Waals surface area contributed by atoms with Crippen molar-refractivity contribution in [3.63, 3.8) is 0 Å². The van der Waals surface area contributed by atoms with Gasteiger partial charge >= 0.3 is 5.97 Å². The zero-order chi connectivity index (χ0) is 19.9. The maximum Gasteiger partial charge on any atom is 0.334 e. The molecule has 3 aromatic rings. The highest BCUT2D eigenvalue weighted by Crippen LogP contribution is 2.31. The Morgan fingerprint density at radius 1 is 0.862 bits per heavy atom. The van der Waals surface area contributed by atoms with Crippen molar-refractivity contribution in [2.24, 2.45) is 4.99 Å². The minimum Gasteiger partial charge on any atom is -0.464 e. The molecule has 3 nitrogen and oxygen atoms in total. The van der Waals surface area contributed by atoms with Crippen LogP contribution in [-0.2, 0) is 9.53 Å². The average molecular weight is 381 g/mol. The first-order valence-electron chi connectivity index (χ1n) is 9.86. The van der Waals surface area contributed by atoms with Crippen molar-refractivity contribution in [1.29, 1.82) is 0 Å². The Hall–Kier alpha value is -3.46. The highest BCUT2D eigenvalue weighted by Gasteiger charge is 2.44. The number of benzene rings is 3. The Morgan fingerprint density at radius 2 is 1.41 bits per heavy atom. The first-order chi connectivity index (χ1) is 14.3. The standard InChI is InChI=1S/C26H23NO2/c28-25-26(19-20-29-25,18-10-13-21-11-4-1-5-12-21)27-24(22-14-6-2-7-15-22)23-16-8-3-9-17-23/h1-17H,18-20H2. The number of rotatable bonds is 6. The van der Waals surface area contributed by atoms with Crippen molar-refractivity contribution in [3.8, 4) is 0 Å². The van der Waals surface area contributed by atoms with Gasteiger partial charge in [0, 0.05) is 24.0 Å². The number of aliphatic imine (C=N–C) groups is 1. The van der Waals surface area contributed by atoms with E-state index < -0.39 is 5.54 Å². The van der Waals surface area contributed by atoms with Crippen LogP contribution in [0.4, 0.5) is 0 Å². The molecular weight excluding hydrogens is 358 g/mol. The molecule has 1 heterocycles. The Labute approximate surface area is 171 Å². The molecule has 3 heteroatoms. The molecule has 4 rings (SSSR count). The van der Waals surface area contributed by atoms with Gasteiger partial charge in [0.15, 0.2) is 5.54 Å². The predicted octanol–water partition coefficient (Wildman–Crippen LogP) is 5.31. The third-order valence-electron chi connectivity index (χ3n) is 5.11. The molecule has 144 valence electrons. The largest absolute Gasteiger partial charge is 0.464 e. The van der Waals surface area contributed by atoms with Crippen molar-refractivity contribution in [2.45, 2.75) is 18.4 Å². The summed E-state index contributed by atoms with van der Waals surface area (Å²) >= 11 is 0. The van der Waals surface area contributed by atoms with Gasteiger partial charge in [-0.25, -0.2) is 4.79 Å². The quantitative estimate of drug-likeness (QED) is 0.428. The van der Waals surface area contributed by atoms with Crippen LogP contribution >= 0.6 is 0 Å². The molecule has 0 bridgehead atoms. The second-order valence-electron chi connectivity index (χ2n) is 7.13. The molecule has 1 fully saturated rings. The molecule has 0 spiro atoms. The van der Waals surface area contributed by atoms with Gasteiger partial charge in [-0.05, 0) is 5.56 Å². The number of ether oxygens (including phenoxy) is 1. The van der Waals surface area contributed by atoms with Crippen molar-refractivity contribution in [2.75, 3.05) is 6.61 Å². The van der Waals surface area contributed by atoms with Gasteiger partial charge in [0.05, 0.1) is 12.3 Å². The highest BCUT2D eigenvalue weighted by atomic mass is 16.5. The molecule has 1 saturated heterocycles. The maximum atomic E-state index is 12.8. The third kappa shape index (κ3) is 4.35. The van der Waals surface area contributed by atoms with Crippen LogP contribution in [0.15, 0.2) is 102 Å². The van der Waals surface area contributed by atoms with Gasteiger partial charge in [-0.1, -0.05) is 103 Å². The number of carbonyl (C=O) groups excluding carboxylic acids is 1. The van der Waals surface area contributed by atoms with E-state index in [0.29, 0.717) is 19.4 Å². The summed E-state index contributed by atoms with van der Waals surface area (Å²) in [7, 11) is 0. The van der Waals surface area contributed by atoms with Gasteiger partial charge in [-0.3, -0.25) is 4.99 Å². The molecular formula is C26H23NO2. The molecule has 0 aromatic heterocycles. The lowest BCUT2D eigenvalue weighted by Gasteiger charge is -2.21. The second-order valence-corrected chi connectivity index (χ2v) is 7.13. The van der Waals surface area contributed by atoms with E-state index in [0.717, 1.165) is 22.4 Å². The first-order valence-corrected chi connectivity index (χ1v) is 9.86. The summed E-state index contributed by atoms with van der Waals surface area (Å²) in [4.78, 5) is 17.8. The average Bonchev–Trinajstić information content (AvgIpc) is 3.14. The van der Waals surface area contributed by atoms with Crippen LogP contribution in [0.5, 0.6) is 0 Å². The molecule has 0 saturated carbocycles. The van der Waals surface area contributed by atoms with E-state index >= 15 is 0 Å². The number of hydrogen-bond acceptors (Lipinski definition) is 3. The second kappa shape index (κ2) is 8.70. The summed E-state index contributed by atoms with van der Waals surface area (Å²) in [6, 6.07) is 30.1. The van der Waals surface area contributed by atoms with E-state index in [1.54, 1.807) is 0 Å². The van der Waals surface area contributed by atoms with Crippen LogP contribution < -0.4 is 0 Å². The van der Waals surface area contributed by atoms with Crippen LogP contribution in [0.25, 0.3) is 6.08 Å². The molecule has 0 N–H and O–H groups in total. The predicted molar refractivity (Wildman–Crippen MR) is 117 cm³/mol. The maximum absolute atomic E-state index is 12.8. The van der Waals surface area contributed by atoms with E-state index in [9.17, 15) is 4.79 Å². The van der Waals surface area contributed by atoms with Crippen molar-refractivity contribution in [3.05, 3.63) is 114 Å². The van der Waals surface area contributed by atoms with Gasteiger partial charge in [-0.15, -0.1) is 0 Å². The lowest BCUT2D eigenvalue weighted by Crippen LogP contribution is -2.33. The number of carbonyl (C=O) groups is 1. The Bertz CT molecular complexity index is 969. The number of cyclic esters (lactones) is 1. The third-order valence-corrected chi connectivity index (χ3v) is 5.11. The topological polar surface area (TPSA) is 38.7 Å². The molecule has 0 amide bonds. The molecule has 29 heavy (non-hydrogen) atoms. The Morgan fingerprint density at radius 3 is 1.93 bits per heavy atom. The normalized spacial score (nSPS) is 18.6. The molecule has 0 aliphatic carbocycles.